The van der Waals surface area contributed by atoms with Crippen molar-refractivity contribution in [2.75, 3.05) is 31.1 Å². The maximum Gasteiger partial charge on any atom is 0.275 e. The third-order valence-electron chi connectivity index (χ3n) is 13.2. The van der Waals surface area contributed by atoms with Gasteiger partial charge in [-0.1, -0.05) is 45.2 Å². The van der Waals surface area contributed by atoms with Crippen LogP contribution in [0.25, 0.3) is 0 Å². The van der Waals surface area contributed by atoms with Gasteiger partial charge in [0.05, 0.1) is 40.1 Å². The highest BCUT2D eigenvalue weighted by atomic mass is 35.5. The maximum absolute atomic E-state index is 13.7. The summed E-state index contributed by atoms with van der Waals surface area (Å²) in [5, 5.41) is 11.8. The maximum atomic E-state index is 13.7. The van der Waals surface area contributed by atoms with Crippen LogP contribution in [0.4, 0.5) is 5.69 Å². The Labute approximate surface area is 346 Å². The predicted molar refractivity (Wildman–Crippen MR) is 214 cm³/mol. The van der Waals surface area contributed by atoms with Crippen LogP contribution in [0.15, 0.2) is 42.6 Å². The van der Waals surface area contributed by atoms with E-state index >= 15 is 0 Å². The second kappa shape index (κ2) is 14.2. The number of hydrogen-bond donors (Lipinski definition) is 1. The first-order chi connectivity index (χ1) is 28.1. The van der Waals surface area contributed by atoms with E-state index < -0.39 is 40.5 Å². The third-order valence-corrected chi connectivity index (χ3v) is 13.5. The molecule has 2 aliphatic carbocycles. The smallest absolute Gasteiger partial charge is 0.275 e. The Morgan fingerprint density at radius 2 is 1.64 bits per heavy atom. The second-order valence-electron chi connectivity index (χ2n) is 17.6. The van der Waals surface area contributed by atoms with Crippen LogP contribution in [0.5, 0.6) is 5.75 Å². The van der Waals surface area contributed by atoms with Crippen molar-refractivity contribution in [3.05, 3.63) is 81.4 Å². The number of anilines is 1. The van der Waals surface area contributed by atoms with Gasteiger partial charge in [-0.15, -0.1) is 0 Å². The lowest BCUT2D eigenvalue weighted by Gasteiger charge is -2.65. The van der Waals surface area contributed by atoms with E-state index in [-0.39, 0.29) is 47.9 Å². The van der Waals surface area contributed by atoms with Crippen molar-refractivity contribution in [3.63, 3.8) is 0 Å². The molecule has 1 N–H and O–H groups in total. The number of nitrogens with one attached hydrogen (secondary N) is 1. The summed E-state index contributed by atoms with van der Waals surface area (Å²) in [6, 6.07) is 11.7. The van der Waals surface area contributed by atoms with Gasteiger partial charge in [0, 0.05) is 73.2 Å². The van der Waals surface area contributed by atoms with Gasteiger partial charge in [-0.05, 0) is 55.5 Å². The van der Waals surface area contributed by atoms with Crippen LogP contribution in [0.1, 0.15) is 102 Å². The number of piperazine rings is 1. The quantitative estimate of drug-likeness (QED) is 0.280. The Balaban J connectivity index is 0.776. The third kappa shape index (κ3) is 6.41. The number of amides is 5. The summed E-state index contributed by atoms with van der Waals surface area (Å²) in [6.07, 6.45) is 3.48. The number of carbonyl (C=O) groups excluding carboxylic acids is 5. The molecule has 1 aromatic heterocycles. The predicted octanol–water partition coefficient (Wildman–Crippen LogP) is 4.19. The molecule has 3 aromatic rings. The Bertz CT molecular complexity index is 2440. The molecule has 4 aliphatic heterocycles. The molecular formula is C44H43ClN8O6. The van der Waals surface area contributed by atoms with E-state index in [4.69, 9.17) is 21.3 Å². The van der Waals surface area contributed by atoms with Crippen LogP contribution >= 0.6 is 11.6 Å². The molecular weight excluding hydrogens is 772 g/mol. The highest BCUT2D eigenvalue weighted by molar-refractivity contribution is 6.31. The standard InChI is InChI=1S/C44H43ClN8O6/c1-43(2)41(44(3,4)42(43)59-29-9-6-25(21-46)32(45)20-29)52-23-33-36(40(52)58)47-22-26(48-33)7-5-24-17-28(18-24)51-15-13-50(14-16-51)27-8-10-30-31(19-27)39(57)53(38(30)56)34-11-12-35(54)49-37(34)55/h6,8-10,19-20,22,24,28,34,41-42H,11-18,23H2,1-4H3,(H,49,54,55)/t24-,28-,34?,41-,42-. The van der Waals surface area contributed by atoms with Crippen molar-refractivity contribution in [2.45, 2.75) is 84.2 Å². The van der Waals surface area contributed by atoms with Gasteiger partial charge in [0.25, 0.3) is 17.7 Å². The molecule has 9 rings (SSSR count). The first-order valence-corrected chi connectivity index (χ1v) is 20.4. The molecule has 5 heterocycles. The van der Waals surface area contributed by atoms with Gasteiger partial charge >= 0.3 is 0 Å². The molecule has 2 saturated heterocycles. The molecule has 1 atom stereocenters. The Morgan fingerprint density at radius 3 is 2.34 bits per heavy atom. The molecule has 4 fully saturated rings. The van der Waals surface area contributed by atoms with E-state index in [1.165, 1.54) is 0 Å². The van der Waals surface area contributed by atoms with Gasteiger partial charge in [-0.3, -0.25) is 39.1 Å². The van der Waals surface area contributed by atoms with E-state index in [1.54, 1.807) is 36.5 Å². The topological polar surface area (TPSA) is 169 Å². The van der Waals surface area contributed by atoms with Crippen molar-refractivity contribution >= 4 is 46.8 Å². The van der Waals surface area contributed by atoms with E-state index in [0.29, 0.717) is 46.0 Å². The van der Waals surface area contributed by atoms with Crippen LogP contribution in [-0.4, -0.2) is 105 Å². The van der Waals surface area contributed by atoms with Gasteiger partial charge in [0.1, 0.15) is 29.7 Å². The fourth-order valence-corrected chi connectivity index (χ4v) is 10.8. The number of halogens is 1. The largest absolute Gasteiger partial charge is 0.489 e. The number of carbonyl (C=O) groups is 5. The zero-order valence-electron chi connectivity index (χ0n) is 33.3. The minimum Gasteiger partial charge on any atom is -0.489 e. The molecule has 2 saturated carbocycles. The molecule has 0 bridgehead atoms. The minimum absolute atomic E-state index is 0.0808. The van der Waals surface area contributed by atoms with Crippen LogP contribution < -0.4 is 15.0 Å². The highest BCUT2D eigenvalue weighted by Gasteiger charge is 2.67. The normalized spacial score (nSPS) is 26.9. The summed E-state index contributed by atoms with van der Waals surface area (Å²) >= 11 is 6.28. The molecule has 15 heteroatoms. The lowest BCUT2D eigenvalue weighted by Crippen LogP contribution is -2.74. The van der Waals surface area contributed by atoms with E-state index in [9.17, 15) is 29.2 Å². The number of imide groups is 2. The average molecular weight is 815 g/mol. The molecule has 5 amide bonds. The molecule has 0 radical (unpaired) electrons. The number of benzene rings is 2. The number of fused-ring (bicyclic) bond motifs is 2. The highest BCUT2D eigenvalue weighted by Crippen LogP contribution is 2.59. The molecule has 6 aliphatic rings. The summed E-state index contributed by atoms with van der Waals surface area (Å²) < 4.78 is 6.44. The fraction of sp³-hybridized carbons (Fsp3) is 0.455. The van der Waals surface area contributed by atoms with E-state index in [2.05, 4.69) is 65.7 Å². The van der Waals surface area contributed by atoms with Crippen molar-refractivity contribution < 1.29 is 28.7 Å². The summed E-state index contributed by atoms with van der Waals surface area (Å²) in [5.41, 5.74) is 2.56. The number of piperidine rings is 1. The van der Waals surface area contributed by atoms with Gasteiger partial charge in [-0.25, -0.2) is 9.97 Å². The summed E-state index contributed by atoms with van der Waals surface area (Å²) in [7, 11) is 0. The van der Waals surface area contributed by atoms with Crippen LogP contribution in [-0.2, 0) is 16.1 Å². The summed E-state index contributed by atoms with van der Waals surface area (Å²) in [4.78, 5) is 81.1. The summed E-state index contributed by atoms with van der Waals surface area (Å²) in [5.74, 6) is 5.26. The number of nitrogens with zero attached hydrogens (tertiary/aromatic N) is 7. The molecule has 302 valence electrons. The van der Waals surface area contributed by atoms with Crippen molar-refractivity contribution in [3.8, 4) is 23.7 Å². The Hall–Kier alpha value is -5.83. The number of aromatic nitrogens is 2. The zero-order valence-corrected chi connectivity index (χ0v) is 34.0. The van der Waals surface area contributed by atoms with Gasteiger partial charge in [-0.2, -0.15) is 5.26 Å². The first kappa shape index (κ1) is 38.7. The summed E-state index contributed by atoms with van der Waals surface area (Å²) in [6.45, 7) is 12.0. The van der Waals surface area contributed by atoms with E-state index in [1.807, 2.05) is 11.0 Å². The SMILES string of the molecule is CC1(C)[C@H](Oc2ccc(C#N)c(Cl)c2)C(C)(C)[C@H]1N1Cc2nc(C#C[C@H]3C[C@H](N4CCN(c5ccc6c(c5)C(=O)N(C5CCC(=O)NC5=O)C6=O)CC4)C3)cnc2C1=O. The number of ether oxygens (including phenoxy) is 1. The van der Waals surface area contributed by atoms with Crippen LogP contribution in [0.3, 0.4) is 0 Å². The number of nitriles is 1. The Morgan fingerprint density at radius 1 is 0.915 bits per heavy atom. The fourth-order valence-electron chi connectivity index (χ4n) is 10.5. The van der Waals surface area contributed by atoms with E-state index in [0.717, 1.165) is 49.6 Å². The van der Waals surface area contributed by atoms with Crippen molar-refractivity contribution in [1.82, 2.24) is 30.0 Å². The molecule has 0 spiro atoms. The monoisotopic (exact) mass is 814 g/mol. The van der Waals surface area contributed by atoms with Gasteiger partial charge in [0.15, 0.2) is 5.69 Å². The molecule has 2 aromatic carbocycles. The van der Waals surface area contributed by atoms with Gasteiger partial charge < -0.3 is 14.5 Å². The minimum atomic E-state index is -0.987. The van der Waals surface area contributed by atoms with Crippen molar-refractivity contribution in [2.24, 2.45) is 16.7 Å². The zero-order chi connectivity index (χ0) is 41.5. The first-order valence-electron chi connectivity index (χ1n) is 20.0. The molecule has 59 heavy (non-hydrogen) atoms. The van der Waals surface area contributed by atoms with Crippen molar-refractivity contribution in [1.29, 1.82) is 5.26 Å². The van der Waals surface area contributed by atoms with Crippen LogP contribution in [0, 0.1) is 39.9 Å². The number of rotatable bonds is 6. The number of hydrogen-bond acceptors (Lipinski definition) is 11. The lowest BCUT2D eigenvalue weighted by molar-refractivity contribution is -0.199. The average Bonchev–Trinajstić information content (AvgIpc) is 3.63. The molecule has 1 unspecified atom stereocenters. The molecule has 14 nitrogen and oxygen atoms in total. The second-order valence-corrected chi connectivity index (χ2v) is 18.0. The van der Waals surface area contributed by atoms with Gasteiger partial charge in [0.2, 0.25) is 11.8 Å². The lowest BCUT2D eigenvalue weighted by atomic mass is 9.49. The Kier molecular flexibility index (Phi) is 9.29. The van der Waals surface area contributed by atoms with Crippen LogP contribution in [0.2, 0.25) is 5.02 Å².